The van der Waals surface area contributed by atoms with Crippen molar-refractivity contribution in [3.8, 4) is 0 Å². The van der Waals surface area contributed by atoms with Crippen LogP contribution in [0, 0.1) is 5.82 Å². The molecule has 0 heterocycles. The van der Waals surface area contributed by atoms with Crippen molar-refractivity contribution in [2.45, 2.75) is 6.61 Å². The quantitative estimate of drug-likeness (QED) is 0.762. The molecule has 0 aliphatic carbocycles. The second-order valence-corrected chi connectivity index (χ2v) is 4.68. The van der Waals surface area contributed by atoms with Gasteiger partial charge in [-0.1, -0.05) is 12.1 Å². The Kier molecular flexibility index (Phi) is 4.97. The molecule has 3 N–H and O–H groups in total. The summed E-state index contributed by atoms with van der Waals surface area (Å²) in [7, 11) is 0. The van der Waals surface area contributed by atoms with Crippen molar-refractivity contribution >= 4 is 28.9 Å². The number of carbonyl (C=O) groups excluding carboxylic acids is 1. The number of anilines is 1. The Morgan fingerprint density at radius 1 is 1.19 bits per heavy atom. The lowest BCUT2D eigenvalue weighted by molar-refractivity contribution is 0.0977. The molecule has 0 saturated heterocycles. The van der Waals surface area contributed by atoms with Crippen LogP contribution in [0.4, 0.5) is 10.1 Å². The SMILES string of the molecule is O=C(NC(=S)Nc1cccc(CO)c1)c1ccc(F)cc1. The van der Waals surface area contributed by atoms with Gasteiger partial charge in [0.05, 0.1) is 6.61 Å². The first kappa shape index (κ1) is 15.1. The average Bonchev–Trinajstić information content (AvgIpc) is 2.47. The minimum Gasteiger partial charge on any atom is -0.392 e. The van der Waals surface area contributed by atoms with Crippen LogP contribution >= 0.6 is 12.2 Å². The maximum atomic E-state index is 12.8. The number of nitrogens with one attached hydrogen (secondary N) is 2. The molecule has 6 heteroatoms. The van der Waals surface area contributed by atoms with E-state index in [1.165, 1.54) is 24.3 Å². The summed E-state index contributed by atoms with van der Waals surface area (Å²) in [6.45, 7) is -0.0791. The molecule has 0 unspecified atom stereocenters. The standard InChI is InChI=1S/C15H13FN2O2S/c16-12-6-4-11(5-7-12)14(20)18-15(21)17-13-3-1-2-10(8-13)9-19/h1-8,19H,9H2,(H2,17,18,20,21). The highest BCUT2D eigenvalue weighted by Gasteiger charge is 2.08. The van der Waals surface area contributed by atoms with Crippen molar-refractivity contribution in [3.63, 3.8) is 0 Å². The first-order chi connectivity index (χ1) is 10.1. The molecule has 0 atom stereocenters. The highest BCUT2D eigenvalue weighted by Crippen LogP contribution is 2.10. The van der Waals surface area contributed by atoms with E-state index in [0.29, 0.717) is 11.3 Å². The molecule has 2 aromatic carbocycles. The molecule has 0 aromatic heterocycles. The lowest BCUT2D eigenvalue weighted by Gasteiger charge is -2.10. The summed E-state index contributed by atoms with van der Waals surface area (Å²) in [6, 6.07) is 12.2. The van der Waals surface area contributed by atoms with Gasteiger partial charge in [-0.15, -0.1) is 0 Å². The molecule has 108 valence electrons. The van der Waals surface area contributed by atoms with Gasteiger partial charge < -0.3 is 10.4 Å². The molecule has 0 radical (unpaired) electrons. The highest BCUT2D eigenvalue weighted by molar-refractivity contribution is 7.80. The van der Waals surface area contributed by atoms with Crippen LogP contribution in [0.15, 0.2) is 48.5 Å². The van der Waals surface area contributed by atoms with E-state index in [1.807, 2.05) is 0 Å². The third-order valence-corrected chi connectivity index (χ3v) is 2.91. The number of thiocarbonyl (C=S) groups is 1. The second-order valence-electron chi connectivity index (χ2n) is 4.27. The Labute approximate surface area is 126 Å². The van der Waals surface area contributed by atoms with Gasteiger partial charge in [-0.2, -0.15) is 0 Å². The molecule has 2 aromatic rings. The summed E-state index contributed by atoms with van der Waals surface area (Å²) in [4.78, 5) is 11.9. The Bertz CT molecular complexity index is 659. The van der Waals surface area contributed by atoms with E-state index in [1.54, 1.807) is 24.3 Å². The van der Waals surface area contributed by atoms with E-state index < -0.39 is 11.7 Å². The summed E-state index contributed by atoms with van der Waals surface area (Å²) >= 11 is 5.04. The number of hydrogen-bond acceptors (Lipinski definition) is 3. The zero-order valence-electron chi connectivity index (χ0n) is 11.0. The lowest BCUT2D eigenvalue weighted by atomic mass is 10.2. The van der Waals surface area contributed by atoms with Crippen molar-refractivity contribution in [1.82, 2.24) is 5.32 Å². The van der Waals surface area contributed by atoms with Crippen LogP contribution in [0.2, 0.25) is 0 Å². The molecule has 0 fully saturated rings. The van der Waals surface area contributed by atoms with Crippen LogP contribution < -0.4 is 10.6 Å². The van der Waals surface area contributed by atoms with Crippen molar-refractivity contribution in [1.29, 1.82) is 0 Å². The number of amides is 1. The second kappa shape index (κ2) is 6.92. The monoisotopic (exact) mass is 304 g/mol. The first-order valence-corrected chi connectivity index (χ1v) is 6.57. The van der Waals surface area contributed by atoms with Gasteiger partial charge in [-0.3, -0.25) is 10.1 Å². The summed E-state index contributed by atoms with van der Waals surface area (Å²) in [5.41, 5.74) is 1.70. The van der Waals surface area contributed by atoms with Gasteiger partial charge in [-0.05, 0) is 54.2 Å². The Balaban J connectivity index is 1.97. The number of benzene rings is 2. The van der Waals surface area contributed by atoms with Gasteiger partial charge in [0.1, 0.15) is 5.82 Å². The normalized spacial score (nSPS) is 10.0. The largest absolute Gasteiger partial charge is 0.392 e. The minimum absolute atomic E-state index is 0.0791. The van der Waals surface area contributed by atoms with Crippen LogP contribution in [0.1, 0.15) is 15.9 Å². The molecular weight excluding hydrogens is 291 g/mol. The van der Waals surface area contributed by atoms with Gasteiger partial charge in [0.15, 0.2) is 5.11 Å². The molecule has 4 nitrogen and oxygen atoms in total. The van der Waals surface area contributed by atoms with Gasteiger partial charge >= 0.3 is 0 Å². The zero-order chi connectivity index (χ0) is 15.2. The molecule has 0 saturated carbocycles. The molecule has 0 spiro atoms. The first-order valence-electron chi connectivity index (χ1n) is 6.16. The van der Waals surface area contributed by atoms with Gasteiger partial charge in [-0.25, -0.2) is 4.39 Å². The van der Waals surface area contributed by atoms with Crippen molar-refractivity contribution < 1.29 is 14.3 Å². The number of hydrogen-bond donors (Lipinski definition) is 3. The van der Waals surface area contributed by atoms with E-state index in [-0.39, 0.29) is 11.7 Å². The molecule has 0 aliphatic rings. The van der Waals surface area contributed by atoms with Crippen LogP contribution in [0.25, 0.3) is 0 Å². The van der Waals surface area contributed by atoms with Crippen molar-refractivity contribution in [3.05, 3.63) is 65.5 Å². The predicted molar refractivity (Wildman–Crippen MR) is 82.5 cm³/mol. The smallest absolute Gasteiger partial charge is 0.257 e. The van der Waals surface area contributed by atoms with E-state index in [0.717, 1.165) is 5.56 Å². The summed E-state index contributed by atoms with van der Waals surface area (Å²) in [5, 5.41) is 14.5. The number of rotatable bonds is 3. The van der Waals surface area contributed by atoms with E-state index >= 15 is 0 Å². The topological polar surface area (TPSA) is 61.4 Å². The average molecular weight is 304 g/mol. The Hall–Kier alpha value is -2.31. The van der Waals surface area contributed by atoms with E-state index in [9.17, 15) is 9.18 Å². The third kappa shape index (κ3) is 4.34. The van der Waals surface area contributed by atoms with Crippen LogP contribution in [0.3, 0.4) is 0 Å². The Morgan fingerprint density at radius 3 is 2.57 bits per heavy atom. The summed E-state index contributed by atoms with van der Waals surface area (Å²) in [5.74, 6) is -0.834. The van der Waals surface area contributed by atoms with Gasteiger partial charge in [0, 0.05) is 11.3 Å². The molecule has 0 aliphatic heterocycles. The number of halogens is 1. The fourth-order valence-corrected chi connectivity index (χ4v) is 1.90. The maximum absolute atomic E-state index is 12.8. The zero-order valence-corrected chi connectivity index (χ0v) is 11.8. The van der Waals surface area contributed by atoms with Crippen molar-refractivity contribution in [2.75, 3.05) is 5.32 Å². The molecule has 21 heavy (non-hydrogen) atoms. The number of aliphatic hydroxyl groups excluding tert-OH is 1. The predicted octanol–water partition coefficient (Wildman–Crippen LogP) is 2.44. The minimum atomic E-state index is -0.425. The van der Waals surface area contributed by atoms with Crippen LogP contribution in [-0.2, 0) is 6.61 Å². The molecule has 1 amide bonds. The van der Waals surface area contributed by atoms with Gasteiger partial charge in [0.2, 0.25) is 0 Å². The molecule has 2 rings (SSSR count). The van der Waals surface area contributed by atoms with Gasteiger partial charge in [0.25, 0.3) is 5.91 Å². The van der Waals surface area contributed by atoms with Crippen molar-refractivity contribution in [2.24, 2.45) is 0 Å². The third-order valence-electron chi connectivity index (χ3n) is 2.70. The summed E-state index contributed by atoms with van der Waals surface area (Å²) in [6.07, 6.45) is 0. The molecular formula is C15H13FN2O2S. The lowest BCUT2D eigenvalue weighted by Crippen LogP contribution is -2.34. The summed E-state index contributed by atoms with van der Waals surface area (Å²) < 4.78 is 12.8. The fourth-order valence-electron chi connectivity index (χ4n) is 1.69. The fraction of sp³-hybridized carbons (Fsp3) is 0.0667. The van der Waals surface area contributed by atoms with E-state index in [4.69, 9.17) is 17.3 Å². The number of aliphatic hydroxyl groups is 1. The van der Waals surface area contributed by atoms with Crippen LogP contribution in [-0.4, -0.2) is 16.1 Å². The van der Waals surface area contributed by atoms with E-state index in [2.05, 4.69) is 10.6 Å². The maximum Gasteiger partial charge on any atom is 0.257 e. The highest BCUT2D eigenvalue weighted by atomic mass is 32.1. The Morgan fingerprint density at radius 2 is 1.90 bits per heavy atom. The number of carbonyl (C=O) groups is 1. The van der Waals surface area contributed by atoms with Crippen LogP contribution in [0.5, 0.6) is 0 Å². The molecule has 0 bridgehead atoms.